The van der Waals surface area contributed by atoms with E-state index < -0.39 is 0 Å². The summed E-state index contributed by atoms with van der Waals surface area (Å²) in [5.41, 5.74) is 0. The lowest BCUT2D eigenvalue weighted by molar-refractivity contribution is -0.124. The minimum Gasteiger partial charge on any atom is -0.375 e. The monoisotopic (exact) mass is 310 g/mol. The zero-order chi connectivity index (χ0) is 11.9. The van der Waals surface area contributed by atoms with Gasteiger partial charge in [0.05, 0.1) is 25.5 Å². The van der Waals surface area contributed by atoms with Gasteiger partial charge in [0.2, 0.25) is 5.91 Å². The topological polar surface area (TPSA) is 68.2 Å². The van der Waals surface area contributed by atoms with E-state index in [1.165, 1.54) is 0 Å². The van der Waals surface area contributed by atoms with E-state index in [1.807, 2.05) is 10.8 Å². The van der Waals surface area contributed by atoms with Crippen molar-refractivity contribution in [2.75, 3.05) is 26.2 Å². The molecule has 19 heavy (non-hydrogen) atoms. The number of nitrogens with one attached hydrogen (secondary N) is 2. The fourth-order valence-corrected chi connectivity index (χ4v) is 1.77. The van der Waals surface area contributed by atoms with Crippen LogP contribution in [0.2, 0.25) is 0 Å². The number of rotatable bonds is 5. The van der Waals surface area contributed by atoms with Gasteiger partial charge in [-0.1, -0.05) is 0 Å². The fourth-order valence-electron chi connectivity index (χ4n) is 1.77. The Morgan fingerprint density at radius 1 is 1.53 bits per heavy atom. The summed E-state index contributed by atoms with van der Waals surface area (Å²) in [4.78, 5) is 15.5. The first-order chi connectivity index (χ1) is 8.34. The van der Waals surface area contributed by atoms with Crippen LogP contribution in [0.1, 0.15) is 6.42 Å². The number of carbonyl (C=O) groups is 1. The maximum atomic E-state index is 11.6. The van der Waals surface area contributed by atoms with Crippen LogP contribution < -0.4 is 10.6 Å². The van der Waals surface area contributed by atoms with E-state index in [2.05, 4.69) is 15.6 Å². The van der Waals surface area contributed by atoms with Crippen molar-refractivity contribution in [1.82, 2.24) is 20.2 Å². The molecule has 1 aromatic heterocycles. The number of halogens is 2. The summed E-state index contributed by atoms with van der Waals surface area (Å²) >= 11 is 0. The highest BCUT2D eigenvalue weighted by molar-refractivity contribution is 5.85. The molecule has 0 radical (unpaired) electrons. The molecule has 2 rings (SSSR count). The van der Waals surface area contributed by atoms with E-state index in [-0.39, 0.29) is 36.8 Å². The van der Waals surface area contributed by atoms with Gasteiger partial charge in [0.25, 0.3) is 0 Å². The van der Waals surface area contributed by atoms with Crippen LogP contribution in [-0.4, -0.2) is 47.8 Å². The molecule has 8 heteroatoms. The minimum atomic E-state index is 0. The molecule has 0 saturated carbocycles. The van der Waals surface area contributed by atoms with E-state index in [4.69, 9.17) is 4.74 Å². The predicted molar refractivity (Wildman–Crippen MR) is 77.0 cm³/mol. The molecule has 1 atom stereocenters. The van der Waals surface area contributed by atoms with E-state index in [0.717, 1.165) is 19.6 Å². The van der Waals surface area contributed by atoms with Crippen LogP contribution in [-0.2, 0) is 16.1 Å². The van der Waals surface area contributed by atoms with Crippen molar-refractivity contribution in [2.24, 2.45) is 0 Å². The summed E-state index contributed by atoms with van der Waals surface area (Å²) in [6.45, 7) is 3.69. The molecular formula is C11H20Cl2N4O2. The van der Waals surface area contributed by atoms with Crippen LogP contribution in [0.5, 0.6) is 0 Å². The van der Waals surface area contributed by atoms with Crippen LogP contribution in [0.25, 0.3) is 0 Å². The smallest absolute Gasteiger partial charge is 0.222 e. The first-order valence-corrected chi connectivity index (χ1v) is 5.89. The van der Waals surface area contributed by atoms with Gasteiger partial charge in [0.15, 0.2) is 0 Å². The molecule has 0 bridgehead atoms. The van der Waals surface area contributed by atoms with Crippen molar-refractivity contribution in [3.8, 4) is 0 Å². The van der Waals surface area contributed by atoms with Crippen molar-refractivity contribution in [2.45, 2.75) is 19.1 Å². The highest BCUT2D eigenvalue weighted by atomic mass is 35.5. The Labute approximate surface area is 125 Å². The number of amides is 1. The molecule has 1 fully saturated rings. The predicted octanol–water partition coefficient (Wildman–Crippen LogP) is 0.221. The summed E-state index contributed by atoms with van der Waals surface area (Å²) in [6.07, 6.45) is 5.78. The summed E-state index contributed by atoms with van der Waals surface area (Å²) in [5.74, 6) is 0.0406. The van der Waals surface area contributed by atoms with Crippen molar-refractivity contribution in [1.29, 1.82) is 0 Å². The zero-order valence-electron chi connectivity index (χ0n) is 10.6. The van der Waals surface area contributed by atoms with Crippen LogP contribution in [0.4, 0.5) is 0 Å². The number of ether oxygens (including phenoxy) is 1. The summed E-state index contributed by atoms with van der Waals surface area (Å²) in [6, 6.07) is 0. The molecule has 1 aliphatic heterocycles. The number of imidazole rings is 1. The number of hydrogen-bond acceptors (Lipinski definition) is 4. The molecule has 1 amide bonds. The summed E-state index contributed by atoms with van der Waals surface area (Å²) in [7, 11) is 0. The molecule has 0 spiro atoms. The third-order valence-electron chi connectivity index (χ3n) is 2.67. The highest BCUT2D eigenvalue weighted by Gasteiger charge is 2.16. The van der Waals surface area contributed by atoms with Gasteiger partial charge in [-0.2, -0.15) is 0 Å². The van der Waals surface area contributed by atoms with Gasteiger partial charge < -0.3 is 19.9 Å². The molecule has 0 aromatic carbocycles. The van der Waals surface area contributed by atoms with E-state index >= 15 is 0 Å². The zero-order valence-corrected chi connectivity index (χ0v) is 12.2. The Hall–Kier alpha value is -0.820. The van der Waals surface area contributed by atoms with Crippen molar-refractivity contribution < 1.29 is 9.53 Å². The molecule has 2 heterocycles. The Morgan fingerprint density at radius 2 is 2.37 bits per heavy atom. The first-order valence-electron chi connectivity index (χ1n) is 5.89. The lowest BCUT2D eigenvalue weighted by Crippen LogP contribution is -2.41. The molecule has 6 nitrogen and oxygen atoms in total. The van der Waals surface area contributed by atoms with Crippen LogP contribution in [0, 0.1) is 0 Å². The van der Waals surface area contributed by atoms with Crippen LogP contribution in [0.3, 0.4) is 0 Å². The van der Waals surface area contributed by atoms with Gasteiger partial charge in [-0.3, -0.25) is 4.79 Å². The lowest BCUT2D eigenvalue weighted by Gasteiger charge is -2.23. The average Bonchev–Trinajstić information content (AvgIpc) is 2.83. The molecule has 1 aromatic rings. The molecule has 0 aliphatic carbocycles. The summed E-state index contributed by atoms with van der Waals surface area (Å²) < 4.78 is 7.39. The van der Waals surface area contributed by atoms with Crippen LogP contribution >= 0.6 is 24.8 Å². The average molecular weight is 311 g/mol. The minimum absolute atomic E-state index is 0. The van der Waals surface area contributed by atoms with Crippen molar-refractivity contribution >= 4 is 30.7 Å². The number of morpholine rings is 1. The fraction of sp³-hybridized carbons (Fsp3) is 0.636. The Morgan fingerprint density at radius 3 is 3.00 bits per heavy atom. The normalized spacial score (nSPS) is 18.0. The second-order valence-electron chi connectivity index (χ2n) is 4.05. The molecule has 110 valence electrons. The molecular weight excluding hydrogens is 291 g/mol. The maximum absolute atomic E-state index is 11.6. The molecule has 1 unspecified atom stereocenters. The van der Waals surface area contributed by atoms with Gasteiger partial charge in [-0.15, -0.1) is 24.8 Å². The number of hydrogen-bond donors (Lipinski definition) is 2. The lowest BCUT2D eigenvalue weighted by atomic mass is 10.2. The van der Waals surface area contributed by atoms with E-state index in [1.54, 1.807) is 12.5 Å². The second-order valence-corrected chi connectivity index (χ2v) is 4.05. The van der Waals surface area contributed by atoms with Crippen molar-refractivity contribution in [3.63, 3.8) is 0 Å². The Kier molecular flexibility index (Phi) is 9.59. The Balaban J connectivity index is 0.00000162. The van der Waals surface area contributed by atoms with Crippen LogP contribution in [0.15, 0.2) is 18.7 Å². The van der Waals surface area contributed by atoms with Gasteiger partial charge in [-0.05, 0) is 0 Å². The summed E-state index contributed by atoms with van der Waals surface area (Å²) in [5, 5.41) is 6.07. The van der Waals surface area contributed by atoms with Gasteiger partial charge >= 0.3 is 0 Å². The molecule has 1 aliphatic rings. The molecule has 2 N–H and O–H groups in total. The SMILES string of the molecule is Cl.Cl.O=C(CC1CNCCO1)NCCn1ccnc1. The largest absolute Gasteiger partial charge is 0.375 e. The third-order valence-corrected chi connectivity index (χ3v) is 2.67. The van der Waals surface area contributed by atoms with Gasteiger partial charge in [-0.25, -0.2) is 4.98 Å². The second kappa shape index (κ2) is 10.0. The van der Waals surface area contributed by atoms with Crippen molar-refractivity contribution in [3.05, 3.63) is 18.7 Å². The van der Waals surface area contributed by atoms with E-state index in [9.17, 15) is 4.79 Å². The molecule has 1 saturated heterocycles. The standard InChI is InChI=1S/C11H18N4O2.2ClH/c16-11(7-10-8-12-3-6-17-10)14-2-5-15-4-1-13-9-15;;/h1,4,9-10,12H,2-3,5-8H2,(H,14,16);2*1H. The Bertz CT molecular complexity index is 342. The maximum Gasteiger partial charge on any atom is 0.222 e. The van der Waals surface area contributed by atoms with Gasteiger partial charge in [0, 0.05) is 38.6 Å². The quantitative estimate of drug-likeness (QED) is 0.816. The number of aromatic nitrogens is 2. The number of carbonyl (C=O) groups excluding carboxylic acids is 1. The number of nitrogens with zero attached hydrogens (tertiary/aromatic N) is 2. The third kappa shape index (κ3) is 6.77. The highest BCUT2D eigenvalue weighted by Crippen LogP contribution is 2.00. The first kappa shape index (κ1) is 18.2. The van der Waals surface area contributed by atoms with Gasteiger partial charge in [0.1, 0.15) is 0 Å². The van der Waals surface area contributed by atoms with E-state index in [0.29, 0.717) is 19.6 Å².